The van der Waals surface area contributed by atoms with Gasteiger partial charge in [-0.2, -0.15) is 4.90 Å². The van der Waals surface area contributed by atoms with Crippen LogP contribution in [0.1, 0.15) is 84.0 Å². The average Bonchev–Trinajstić information content (AvgIpc) is 3.07. The van der Waals surface area contributed by atoms with E-state index in [1.54, 1.807) is 72.2 Å². The van der Waals surface area contributed by atoms with E-state index in [4.69, 9.17) is 25.1 Å². The number of imide groups is 1. The number of benzene rings is 3. The molecule has 2 atom stereocenters. The predicted molar refractivity (Wildman–Crippen MR) is 212 cm³/mol. The molecule has 0 aliphatic carbocycles. The lowest BCUT2D eigenvalue weighted by atomic mass is 10.0. The molecule has 0 bridgehead atoms. The zero-order valence-corrected chi connectivity index (χ0v) is 32.9. The second-order valence-corrected chi connectivity index (χ2v) is 15.8. The SMILES string of the molecule is CC(Nc1ccc2c(N(C(=O)OC(C)(C)C)C(=O)OC(C)(C)C)nccc2c1)c1ccc(CCCC(=O)Nc2ccc(S(C)=O)c(CN)c2)cc1.O=CO. The van der Waals surface area contributed by atoms with Gasteiger partial charge in [0.1, 0.15) is 11.2 Å². The van der Waals surface area contributed by atoms with E-state index in [-0.39, 0.29) is 30.8 Å². The van der Waals surface area contributed by atoms with Gasteiger partial charge in [0, 0.05) is 53.1 Å². The number of pyridine rings is 1. The van der Waals surface area contributed by atoms with Crippen LogP contribution in [0, 0.1) is 0 Å². The van der Waals surface area contributed by atoms with Gasteiger partial charge in [0.15, 0.2) is 5.82 Å². The Bertz CT molecular complexity index is 1930. The Kier molecular flexibility index (Phi) is 15.3. The van der Waals surface area contributed by atoms with Crippen molar-refractivity contribution in [2.75, 3.05) is 21.8 Å². The van der Waals surface area contributed by atoms with E-state index in [9.17, 15) is 18.6 Å². The number of anilines is 3. The van der Waals surface area contributed by atoms with Crippen LogP contribution < -0.4 is 21.3 Å². The van der Waals surface area contributed by atoms with E-state index < -0.39 is 34.2 Å². The summed E-state index contributed by atoms with van der Waals surface area (Å²) in [5.41, 5.74) is 8.58. The summed E-state index contributed by atoms with van der Waals surface area (Å²) in [6.07, 6.45) is 3.20. The van der Waals surface area contributed by atoms with E-state index >= 15 is 0 Å². The molecule has 2 unspecified atom stereocenters. The number of rotatable bonds is 11. The fraction of sp³-hybridized carbons (Fsp3) is 0.375. The summed E-state index contributed by atoms with van der Waals surface area (Å²) < 4.78 is 23.0. The minimum Gasteiger partial charge on any atom is -0.483 e. The number of aromatic nitrogens is 1. The Labute approximate surface area is 319 Å². The van der Waals surface area contributed by atoms with Crippen molar-refractivity contribution in [1.29, 1.82) is 0 Å². The first-order valence-corrected chi connectivity index (χ1v) is 19.0. The molecule has 0 radical (unpaired) electrons. The molecular weight excluding hydrogens is 711 g/mol. The number of carbonyl (C=O) groups excluding carboxylic acids is 3. The molecule has 0 spiro atoms. The van der Waals surface area contributed by atoms with Crippen molar-refractivity contribution in [3.05, 3.63) is 89.6 Å². The third kappa shape index (κ3) is 13.0. The average molecular weight is 762 g/mol. The summed E-state index contributed by atoms with van der Waals surface area (Å²) in [5.74, 6) is 0.0345. The van der Waals surface area contributed by atoms with Crippen molar-refractivity contribution in [3.63, 3.8) is 0 Å². The summed E-state index contributed by atoms with van der Waals surface area (Å²) in [4.78, 5) is 53.3. The number of ether oxygens (including phenoxy) is 2. The molecule has 1 heterocycles. The van der Waals surface area contributed by atoms with Crippen LogP contribution in [0.2, 0.25) is 0 Å². The van der Waals surface area contributed by atoms with Gasteiger partial charge in [0.2, 0.25) is 5.91 Å². The zero-order chi connectivity index (χ0) is 40.2. The van der Waals surface area contributed by atoms with Crippen molar-refractivity contribution >= 4 is 63.3 Å². The van der Waals surface area contributed by atoms with Crippen molar-refractivity contribution in [1.82, 2.24) is 4.98 Å². The maximum atomic E-state index is 13.2. The minimum absolute atomic E-state index is 0.0291. The van der Waals surface area contributed by atoms with Crippen molar-refractivity contribution in [2.24, 2.45) is 5.73 Å². The minimum atomic E-state index is -1.14. The van der Waals surface area contributed by atoms with Crippen LogP contribution >= 0.6 is 0 Å². The molecule has 0 fully saturated rings. The number of fused-ring (bicyclic) bond motifs is 1. The van der Waals surface area contributed by atoms with Gasteiger partial charge >= 0.3 is 12.2 Å². The number of nitrogens with two attached hydrogens (primary N) is 1. The molecule has 13 nitrogen and oxygen atoms in total. The normalized spacial score (nSPS) is 12.4. The van der Waals surface area contributed by atoms with E-state index in [1.807, 2.05) is 24.3 Å². The Morgan fingerprint density at radius 2 is 1.52 bits per heavy atom. The Balaban J connectivity index is 0.00000253. The Morgan fingerprint density at radius 3 is 2.07 bits per heavy atom. The Morgan fingerprint density at radius 1 is 0.926 bits per heavy atom. The number of nitrogens with zero attached hydrogens (tertiary/aromatic N) is 2. The smallest absolute Gasteiger partial charge is 0.425 e. The fourth-order valence-electron chi connectivity index (χ4n) is 5.37. The van der Waals surface area contributed by atoms with Crippen LogP contribution in [0.15, 0.2) is 77.8 Å². The molecule has 0 saturated carbocycles. The van der Waals surface area contributed by atoms with Crippen LogP contribution in [-0.4, -0.2) is 56.3 Å². The molecule has 14 heteroatoms. The number of nitrogens with one attached hydrogen (secondary N) is 2. The molecule has 0 aliphatic rings. The number of carbonyl (C=O) groups is 4. The third-order valence-electron chi connectivity index (χ3n) is 7.71. The van der Waals surface area contributed by atoms with E-state index in [0.29, 0.717) is 28.8 Å². The molecule has 290 valence electrons. The summed E-state index contributed by atoms with van der Waals surface area (Å²) in [6, 6.07) is 21.0. The fourth-order valence-corrected chi connectivity index (χ4v) is 6.14. The molecule has 5 N–H and O–H groups in total. The van der Waals surface area contributed by atoms with Gasteiger partial charge in [-0.25, -0.2) is 14.6 Å². The maximum absolute atomic E-state index is 13.2. The molecule has 4 aromatic rings. The summed E-state index contributed by atoms with van der Waals surface area (Å²) in [6.45, 7) is 12.4. The first kappa shape index (κ1) is 43.1. The van der Waals surface area contributed by atoms with Crippen LogP contribution in [0.25, 0.3) is 10.8 Å². The second-order valence-electron chi connectivity index (χ2n) is 14.5. The standard InChI is InChI=1S/C39H49N5O6S.CH2O2/c1-25(27-14-12-26(13-15-27)10-9-11-34(45)43-31-17-19-33(51(8)48)29(23-31)24-40)42-30-16-18-32-28(22-30)20-21-41-35(32)44(36(46)49-38(2,3)4)37(47)50-39(5,6)7;2-1-3/h12-23,25,42H,9-11,24,40H2,1-8H3,(H,43,45);1H,(H,2,3). The number of hydrogen-bond donors (Lipinski definition) is 4. The zero-order valence-electron chi connectivity index (χ0n) is 32.1. The van der Waals surface area contributed by atoms with Gasteiger partial charge in [-0.15, -0.1) is 0 Å². The monoisotopic (exact) mass is 761 g/mol. The summed E-state index contributed by atoms with van der Waals surface area (Å²) in [5, 5.41) is 14.7. The lowest BCUT2D eigenvalue weighted by molar-refractivity contribution is -0.123. The van der Waals surface area contributed by atoms with Gasteiger partial charge in [-0.05, 0) is 126 Å². The Hall–Kier alpha value is -5.34. The van der Waals surface area contributed by atoms with Gasteiger partial charge in [0.05, 0.1) is 10.8 Å². The molecular formula is C40H51N5O8S. The molecule has 54 heavy (non-hydrogen) atoms. The van der Waals surface area contributed by atoms with Gasteiger partial charge in [-0.3, -0.25) is 13.8 Å². The number of hydrogen-bond acceptors (Lipinski definition) is 10. The van der Waals surface area contributed by atoms with Gasteiger partial charge < -0.3 is 30.9 Å². The lowest BCUT2D eigenvalue weighted by Gasteiger charge is -2.28. The first-order chi connectivity index (χ1) is 25.3. The highest BCUT2D eigenvalue weighted by molar-refractivity contribution is 7.84. The highest BCUT2D eigenvalue weighted by Gasteiger charge is 2.34. The molecule has 3 amide bonds. The molecule has 0 aliphatic heterocycles. The number of amides is 3. The van der Waals surface area contributed by atoms with Crippen LogP contribution in [0.4, 0.5) is 26.8 Å². The summed E-state index contributed by atoms with van der Waals surface area (Å²) in [7, 11) is -1.14. The lowest BCUT2D eigenvalue weighted by Crippen LogP contribution is -2.44. The van der Waals surface area contributed by atoms with E-state index in [0.717, 1.165) is 39.1 Å². The van der Waals surface area contributed by atoms with Crippen LogP contribution in [0.5, 0.6) is 0 Å². The molecule has 3 aromatic carbocycles. The predicted octanol–water partition coefficient (Wildman–Crippen LogP) is 7.94. The van der Waals surface area contributed by atoms with Crippen molar-refractivity contribution in [3.8, 4) is 0 Å². The van der Waals surface area contributed by atoms with Crippen molar-refractivity contribution < 1.29 is 38.0 Å². The third-order valence-corrected chi connectivity index (χ3v) is 8.73. The topological polar surface area (TPSA) is 190 Å². The van der Waals surface area contributed by atoms with Crippen molar-refractivity contribution in [2.45, 2.75) is 96.4 Å². The number of carboxylic acid groups (broad SMARTS) is 1. The molecule has 4 rings (SSSR count). The molecule has 0 saturated heterocycles. The summed E-state index contributed by atoms with van der Waals surface area (Å²) >= 11 is 0. The van der Waals surface area contributed by atoms with E-state index in [2.05, 4.69) is 46.8 Å². The highest BCUT2D eigenvalue weighted by atomic mass is 32.2. The number of aryl methyl sites for hydroxylation is 1. The molecule has 1 aromatic heterocycles. The van der Waals surface area contributed by atoms with Crippen LogP contribution in [0.3, 0.4) is 0 Å². The van der Waals surface area contributed by atoms with Crippen LogP contribution in [-0.2, 0) is 42.8 Å². The van der Waals surface area contributed by atoms with Gasteiger partial charge in [0.25, 0.3) is 6.47 Å². The van der Waals surface area contributed by atoms with Gasteiger partial charge in [-0.1, -0.05) is 24.3 Å². The largest absolute Gasteiger partial charge is 0.483 e. The quantitative estimate of drug-likeness (QED) is 0.109. The highest BCUT2D eigenvalue weighted by Crippen LogP contribution is 2.31. The second kappa shape index (κ2) is 19.1. The maximum Gasteiger partial charge on any atom is 0.425 e. The first-order valence-electron chi connectivity index (χ1n) is 17.4. The van der Waals surface area contributed by atoms with E-state index in [1.165, 1.54) is 0 Å².